The van der Waals surface area contributed by atoms with Crippen molar-refractivity contribution in [3.63, 3.8) is 0 Å². The maximum absolute atomic E-state index is 12.5. The molecule has 0 aliphatic heterocycles. The Bertz CT molecular complexity index is 1110. The molecule has 1 N–H and O–H groups in total. The first-order valence-corrected chi connectivity index (χ1v) is 11.3. The molecule has 0 saturated carbocycles. The van der Waals surface area contributed by atoms with E-state index in [0.29, 0.717) is 25.5 Å². The number of carbonyl (C=O) groups excluding carboxylic acids is 1. The zero-order chi connectivity index (χ0) is 23.8. The van der Waals surface area contributed by atoms with Crippen molar-refractivity contribution < 1.29 is 23.4 Å². The molecule has 0 aliphatic carbocycles. The molecule has 176 valence electrons. The largest absolute Gasteiger partial charge is 0.497 e. The maximum Gasteiger partial charge on any atom is 0.244 e. The highest BCUT2D eigenvalue weighted by Gasteiger charge is 2.15. The molecule has 6 heteroatoms. The quantitative estimate of drug-likeness (QED) is 0.293. The van der Waals surface area contributed by atoms with Gasteiger partial charge in [0.1, 0.15) is 17.1 Å². The number of ether oxygens (including phenoxy) is 3. The summed E-state index contributed by atoms with van der Waals surface area (Å²) in [4.78, 5) is 12.5. The molecule has 0 bridgehead atoms. The van der Waals surface area contributed by atoms with Gasteiger partial charge < -0.3 is 23.9 Å². The Morgan fingerprint density at radius 2 is 2.03 bits per heavy atom. The van der Waals surface area contributed by atoms with Gasteiger partial charge in [-0.2, -0.15) is 0 Å². The minimum absolute atomic E-state index is 0.139. The lowest BCUT2D eigenvalue weighted by atomic mass is 9.99. The summed E-state index contributed by atoms with van der Waals surface area (Å²) in [5.41, 5.74) is 4.34. The lowest BCUT2D eigenvalue weighted by molar-refractivity contribution is -0.116. The summed E-state index contributed by atoms with van der Waals surface area (Å²) in [7, 11) is 1.65. The Morgan fingerprint density at radius 3 is 2.76 bits per heavy atom. The molecule has 1 heterocycles. The van der Waals surface area contributed by atoms with Crippen LogP contribution in [0.1, 0.15) is 39.7 Å². The molecule has 6 nitrogen and oxygen atoms in total. The van der Waals surface area contributed by atoms with Gasteiger partial charge in [0.05, 0.1) is 26.1 Å². The second-order valence-corrected chi connectivity index (χ2v) is 8.05. The summed E-state index contributed by atoms with van der Waals surface area (Å²) in [5, 5.41) is 3.87. The molecule has 3 rings (SSSR count). The van der Waals surface area contributed by atoms with Gasteiger partial charge in [-0.3, -0.25) is 4.79 Å². The van der Waals surface area contributed by atoms with Crippen molar-refractivity contribution in [3.05, 3.63) is 54.3 Å². The van der Waals surface area contributed by atoms with Crippen LogP contribution in [0.5, 0.6) is 11.5 Å². The second kappa shape index (κ2) is 11.6. The predicted octanol–water partition coefficient (Wildman–Crippen LogP) is 5.84. The number of furan rings is 1. The van der Waals surface area contributed by atoms with Gasteiger partial charge in [-0.25, -0.2) is 0 Å². The molecule has 1 amide bonds. The van der Waals surface area contributed by atoms with Crippen LogP contribution in [0.3, 0.4) is 0 Å². The molecule has 0 saturated heterocycles. The van der Waals surface area contributed by atoms with Gasteiger partial charge in [-0.1, -0.05) is 12.1 Å². The molecule has 0 radical (unpaired) electrons. The van der Waals surface area contributed by atoms with E-state index in [9.17, 15) is 4.79 Å². The van der Waals surface area contributed by atoms with Crippen LogP contribution in [-0.4, -0.2) is 38.9 Å². The summed E-state index contributed by atoms with van der Waals surface area (Å²) >= 11 is 0. The number of amides is 1. The number of hydrogen-bond acceptors (Lipinski definition) is 5. The number of methoxy groups -OCH3 is 1. The Hall–Kier alpha value is -3.25. The van der Waals surface area contributed by atoms with Crippen LogP contribution in [0.4, 0.5) is 0 Å². The van der Waals surface area contributed by atoms with Gasteiger partial charge in [0, 0.05) is 41.8 Å². The van der Waals surface area contributed by atoms with Gasteiger partial charge in [-0.05, 0) is 63.5 Å². The van der Waals surface area contributed by atoms with Gasteiger partial charge in [0.15, 0.2) is 0 Å². The first-order valence-electron chi connectivity index (χ1n) is 11.3. The molecule has 2 aromatic carbocycles. The molecular formula is C27H33NO5. The maximum atomic E-state index is 12.5. The number of hydrogen-bond donors (Lipinski definition) is 1. The van der Waals surface area contributed by atoms with E-state index >= 15 is 0 Å². The van der Waals surface area contributed by atoms with E-state index in [-0.39, 0.29) is 12.0 Å². The molecule has 1 aromatic heterocycles. The second-order valence-electron chi connectivity index (χ2n) is 8.05. The Morgan fingerprint density at radius 1 is 1.21 bits per heavy atom. The summed E-state index contributed by atoms with van der Waals surface area (Å²) in [6.07, 6.45) is 4.31. The fourth-order valence-corrected chi connectivity index (χ4v) is 3.58. The Labute approximate surface area is 195 Å². The van der Waals surface area contributed by atoms with E-state index in [4.69, 9.17) is 18.6 Å². The van der Waals surface area contributed by atoms with Crippen molar-refractivity contribution in [1.29, 1.82) is 0 Å². The van der Waals surface area contributed by atoms with Crippen molar-refractivity contribution >= 4 is 22.4 Å². The number of fused-ring (bicyclic) bond motifs is 1. The molecular weight excluding hydrogens is 418 g/mol. The standard InChI is InChI=1S/C27H33NO5/c1-6-31-25-16-26-23(24(17-33-26)20-9-7-10-21(14-20)30-5)15-22(25)19(4)13-27(29)28-11-8-12-32-18(2)3/h7,9-10,13-18H,6,8,11-12H2,1-5H3,(H,28,29)/b19-13+. The van der Waals surface area contributed by atoms with Gasteiger partial charge in [-0.15, -0.1) is 0 Å². The number of nitrogens with one attached hydrogen (secondary N) is 1. The topological polar surface area (TPSA) is 69.9 Å². The lowest BCUT2D eigenvalue weighted by Crippen LogP contribution is -2.23. The highest BCUT2D eigenvalue weighted by atomic mass is 16.5. The number of benzene rings is 2. The van der Waals surface area contributed by atoms with E-state index in [2.05, 4.69) is 5.32 Å². The Kier molecular flexibility index (Phi) is 8.55. The lowest BCUT2D eigenvalue weighted by Gasteiger charge is -2.12. The summed E-state index contributed by atoms with van der Waals surface area (Å²) in [5.74, 6) is 1.32. The van der Waals surface area contributed by atoms with Crippen LogP contribution in [0.15, 0.2) is 53.2 Å². The van der Waals surface area contributed by atoms with E-state index < -0.39 is 0 Å². The van der Waals surface area contributed by atoms with Crippen LogP contribution in [-0.2, 0) is 9.53 Å². The molecule has 3 aromatic rings. The zero-order valence-corrected chi connectivity index (χ0v) is 20.1. The third-order valence-corrected chi connectivity index (χ3v) is 5.20. The first-order chi connectivity index (χ1) is 15.9. The average molecular weight is 452 g/mol. The van der Waals surface area contributed by atoms with E-state index in [1.54, 1.807) is 19.4 Å². The van der Waals surface area contributed by atoms with Crippen molar-refractivity contribution in [3.8, 4) is 22.6 Å². The highest BCUT2D eigenvalue weighted by Crippen LogP contribution is 2.38. The third-order valence-electron chi connectivity index (χ3n) is 5.20. The SMILES string of the molecule is CCOc1cc2occ(-c3cccc(OC)c3)c2cc1/C(C)=C/C(=O)NCCCOC(C)C. The van der Waals surface area contributed by atoms with Crippen LogP contribution < -0.4 is 14.8 Å². The van der Waals surface area contributed by atoms with Crippen LogP contribution >= 0.6 is 0 Å². The number of carbonyl (C=O) groups is 1. The normalized spacial score (nSPS) is 11.8. The van der Waals surface area contributed by atoms with Crippen molar-refractivity contribution in [2.75, 3.05) is 26.9 Å². The van der Waals surface area contributed by atoms with Gasteiger partial charge in [0.25, 0.3) is 0 Å². The van der Waals surface area contributed by atoms with E-state index in [0.717, 1.165) is 45.4 Å². The minimum atomic E-state index is -0.139. The molecule has 0 aliphatic rings. The van der Waals surface area contributed by atoms with Gasteiger partial charge in [0.2, 0.25) is 5.91 Å². The summed E-state index contributed by atoms with van der Waals surface area (Å²) < 4.78 is 22.6. The van der Waals surface area contributed by atoms with E-state index in [1.807, 2.05) is 64.1 Å². The summed E-state index contributed by atoms with van der Waals surface area (Å²) in [6.45, 7) is 9.54. The van der Waals surface area contributed by atoms with Crippen LogP contribution in [0, 0.1) is 0 Å². The smallest absolute Gasteiger partial charge is 0.244 e. The first kappa shape index (κ1) is 24.4. The van der Waals surface area contributed by atoms with Crippen molar-refractivity contribution in [2.45, 2.75) is 40.2 Å². The zero-order valence-electron chi connectivity index (χ0n) is 20.1. The average Bonchev–Trinajstić information content (AvgIpc) is 3.21. The third kappa shape index (κ3) is 6.39. The number of rotatable bonds is 11. The van der Waals surface area contributed by atoms with Crippen molar-refractivity contribution in [2.24, 2.45) is 0 Å². The number of allylic oxidation sites excluding steroid dienone is 1. The van der Waals surface area contributed by atoms with Crippen molar-refractivity contribution in [1.82, 2.24) is 5.32 Å². The molecule has 33 heavy (non-hydrogen) atoms. The molecule has 0 fully saturated rings. The monoisotopic (exact) mass is 451 g/mol. The molecule has 0 unspecified atom stereocenters. The fraction of sp³-hybridized carbons (Fsp3) is 0.370. The van der Waals surface area contributed by atoms with Gasteiger partial charge >= 0.3 is 0 Å². The fourth-order valence-electron chi connectivity index (χ4n) is 3.58. The minimum Gasteiger partial charge on any atom is -0.497 e. The summed E-state index contributed by atoms with van der Waals surface area (Å²) in [6, 6.07) is 11.8. The molecule has 0 spiro atoms. The van der Waals surface area contributed by atoms with Crippen LogP contribution in [0.25, 0.3) is 27.7 Å². The van der Waals surface area contributed by atoms with E-state index in [1.165, 1.54) is 0 Å². The predicted molar refractivity (Wildman–Crippen MR) is 132 cm³/mol. The molecule has 0 atom stereocenters. The Balaban J connectivity index is 1.87. The van der Waals surface area contributed by atoms with Crippen LogP contribution in [0.2, 0.25) is 0 Å². The highest BCUT2D eigenvalue weighted by molar-refractivity contribution is 6.00.